The monoisotopic (exact) mass is 615 g/mol. The van der Waals surface area contributed by atoms with Crippen LogP contribution in [-0.4, -0.2) is 71.9 Å². The average molecular weight is 616 g/mol. The Morgan fingerprint density at radius 2 is 1.70 bits per heavy atom. The zero-order chi connectivity index (χ0) is 30.2. The van der Waals surface area contributed by atoms with Crippen LogP contribution in [0, 0.1) is 6.92 Å². The van der Waals surface area contributed by atoms with Gasteiger partial charge in [0.05, 0.1) is 44.2 Å². The van der Waals surface area contributed by atoms with E-state index in [0.29, 0.717) is 61.0 Å². The smallest absolute Gasteiger partial charge is 0.308 e. The average Bonchev–Trinajstić information content (AvgIpc) is 3.54. The molecule has 0 spiro atoms. The lowest BCUT2D eigenvalue weighted by atomic mass is 9.93. The van der Waals surface area contributed by atoms with E-state index in [-0.39, 0.29) is 0 Å². The number of methoxy groups -OCH3 is 2. The number of hydrogen-bond acceptors (Lipinski definition) is 8. The van der Waals surface area contributed by atoms with Crippen molar-refractivity contribution in [2.45, 2.75) is 38.6 Å². The fourth-order valence-corrected chi connectivity index (χ4v) is 8.21. The van der Waals surface area contributed by atoms with Crippen molar-refractivity contribution in [3.8, 4) is 45.3 Å². The number of aromatic nitrogens is 4. The van der Waals surface area contributed by atoms with Gasteiger partial charge in [-0.25, -0.2) is 3.97 Å². The maximum Gasteiger partial charge on any atom is 0.308 e. The van der Waals surface area contributed by atoms with Crippen molar-refractivity contribution >= 4 is 21.1 Å². The van der Waals surface area contributed by atoms with E-state index < -0.39 is 10.2 Å². The summed E-state index contributed by atoms with van der Waals surface area (Å²) in [5, 5.41) is 5.20. The minimum Gasteiger partial charge on any atom is -0.493 e. The van der Waals surface area contributed by atoms with Crippen molar-refractivity contribution in [1.82, 2.24) is 23.0 Å². The van der Waals surface area contributed by atoms with Crippen LogP contribution in [0.5, 0.6) is 11.5 Å². The zero-order valence-corrected chi connectivity index (χ0v) is 25.7. The second-order valence-corrected chi connectivity index (χ2v) is 13.4. The van der Waals surface area contributed by atoms with E-state index in [1.807, 2.05) is 36.4 Å². The van der Waals surface area contributed by atoms with Crippen molar-refractivity contribution in [2.75, 3.05) is 40.5 Å². The number of benzene rings is 2. The molecule has 0 atom stereocenters. The molecule has 0 amide bonds. The summed E-state index contributed by atoms with van der Waals surface area (Å²) in [5.74, 6) is 2.75. The Morgan fingerprint density at radius 1 is 0.955 bits per heavy atom. The number of aryl methyl sites for hydroxylation is 1. The first kappa shape index (κ1) is 27.4. The zero-order valence-electron chi connectivity index (χ0n) is 24.9. The Balaban J connectivity index is 1.41. The summed E-state index contributed by atoms with van der Waals surface area (Å²) in [6, 6.07) is 11.7. The van der Waals surface area contributed by atoms with Crippen LogP contribution in [0.2, 0.25) is 0 Å². The molecule has 228 valence electrons. The van der Waals surface area contributed by atoms with E-state index in [0.717, 1.165) is 70.4 Å². The van der Waals surface area contributed by atoms with Crippen LogP contribution in [0.1, 0.15) is 35.8 Å². The summed E-state index contributed by atoms with van der Waals surface area (Å²) in [6.45, 7) is 4.16. The lowest BCUT2D eigenvalue weighted by molar-refractivity contribution is 0.0726. The first-order chi connectivity index (χ1) is 21.4. The molecule has 1 saturated carbocycles. The Bertz CT molecular complexity index is 2030. The molecule has 1 saturated heterocycles. The van der Waals surface area contributed by atoms with Crippen LogP contribution in [0.25, 0.3) is 44.7 Å². The molecule has 44 heavy (non-hydrogen) atoms. The summed E-state index contributed by atoms with van der Waals surface area (Å²) >= 11 is 0. The van der Waals surface area contributed by atoms with E-state index in [2.05, 4.69) is 16.6 Å². The van der Waals surface area contributed by atoms with E-state index in [1.54, 1.807) is 20.4 Å². The summed E-state index contributed by atoms with van der Waals surface area (Å²) < 4.78 is 56.0. The van der Waals surface area contributed by atoms with Gasteiger partial charge < -0.3 is 23.3 Å². The highest BCUT2D eigenvalue weighted by Crippen LogP contribution is 2.51. The highest BCUT2D eigenvalue weighted by Gasteiger charge is 2.36. The normalized spacial score (nSPS) is 17.1. The molecule has 2 aromatic carbocycles. The molecule has 11 nitrogen and oxygen atoms in total. The molecule has 2 aliphatic heterocycles. The van der Waals surface area contributed by atoms with Gasteiger partial charge in [0.1, 0.15) is 0 Å². The fraction of sp³-hybridized carbons (Fsp3) is 0.375. The molecule has 5 aromatic rings. The van der Waals surface area contributed by atoms with Crippen molar-refractivity contribution in [1.29, 1.82) is 0 Å². The summed E-state index contributed by atoms with van der Waals surface area (Å²) in [5.41, 5.74) is 7.13. The predicted octanol–water partition coefficient (Wildman–Crippen LogP) is 5.01. The van der Waals surface area contributed by atoms with E-state index in [4.69, 9.17) is 23.7 Å². The summed E-state index contributed by atoms with van der Waals surface area (Å²) in [4.78, 5) is 4.91. The molecule has 5 heterocycles. The standard InChI is InChI=1S/C32H33N5O6S/c1-19-28(24-18-37(25-7-5-4-6-22(24)25)44(38,39)35-12-14-42-15-13-35)29(32-33-31(34-43-32)20-8-9-20)30-23-17-27(41-3)26(40-2)16-21(23)10-11-36(19)30/h4-7,16-18,20H,8-15H2,1-3H3. The second kappa shape index (κ2) is 10.2. The minimum atomic E-state index is -3.85. The van der Waals surface area contributed by atoms with E-state index >= 15 is 0 Å². The van der Waals surface area contributed by atoms with Crippen LogP contribution in [0.4, 0.5) is 0 Å². The molecule has 0 radical (unpaired) electrons. The van der Waals surface area contributed by atoms with Gasteiger partial charge in [0, 0.05) is 59.5 Å². The third-order valence-corrected chi connectivity index (χ3v) is 10.9. The first-order valence-corrected chi connectivity index (χ1v) is 16.3. The Hall–Kier alpha value is -4.13. The van der Waals surface area contributed by atoms with Crippen LogP contribution in [0.15, 0.2) is 47.1 Å². The number of morpholine rings is 1. The van der Waals surface area contributed by atoms with Gasteiger partial charge in [0.25, 0.3) is 5.89 Å². The topological polar surface area (TPSA) is 114 Å². The van der Waals surface area contributed by atoms with Crippen LogP contribution >= 0.6 is 0 Å². The highest BCUT2D eigenvalue weighted by atomic mass is 32.2. The van der Waals surface area contributed by atoms with Crippen molar-refractivity contribution in [3.05, 3.63) is 59.7 Å². The van der Waals surface area contributed by atoms with Gasteiger partial charge in [-0.15, -0.1) is 0 Å². The van der Waals surface area contributed by atoms with E-state index in [1.165, 1.54) is 8.28 Å². The Labute approximate surface area is 255 Å². The molecule has 0 unspecified atom stereocenters. The number of rotatable bonds is 7. The van der Waals surface area contributed by atoms with Gasteiger partial charge in [-0.1, -0.05) is 23.4 Å². The molecule has 0 bridgehead atoms. The van der Waals surface area contributed by atoms with Crippen molar-refractivity contribution in [3.63, 3.8) is 0 Å². The van der Waals surface area contributed by atoms with Crippen molar-refractivity contribution < 1.29 is 27.2 Å². The molecular formula is C32H33N5O6S. The van der Waals surface area contributed by atoms with Crippen LogP contribution < -0.4 is 9.47 Å². The maximum absolute atomic E-state index is 14.0. The molecule has 2 fully saturated rings. The minimum absolute atomic E-state index is 0.309. The largest absolute Gasteiger partial charge is 0.493 e. The number of hydrogen-bond donors (Lipinski definition) is 0. The van der Waals surface area contributed by atoms with Crippen LogP contribution in [-0.2, 0) is 27.9 Å². The van der Waals surface area contributed by atoms with E-state index in [9.17, 15) is 8.42 Å². The number of ether oxygens (including phenoxy) is 3. The predicted molar refractivity (Wildman–Crippen MR) is 164 cm³/mol. The van der Waals surface area contributed by atoms with Gasteiger partial charge in [-0.3, -0.25) is 0 Å². The number of nitrogens with zero attached hydrogens (tertiary/aromatic N) is 5. The van der Waals surface area contributed by atoms with Gasteiger partial charge in [0.15, 0.2) is 17.3 Å². The highest BCUT2D eigenvalue weighted by molar-refractivity contribution is 7.87. The Kier molecular flexibility index (Phi) is 6.37. The summed E-state index contributed by atoms with van der Waals surface area (Å²) in [6.07, 6.45) is 4.64. The van der Waals surface area contributed by atoms with Gasteiger partial charge >= 0.3 is 10.2 Å². The maximum atomic E-state index is 14.0. The Morgan fingerprint density at radius 3 is 2.45 bits per heavy atom. The number of para-hydroxylation sites is 1. The fourth-order valence-electron chi connectivity index (χ4n) is 6.70. The molecule has 3 aliphatic rings. The summed E-state index contributed by atoms with van der Waals surface area (Å²) in [7, 11) is -0.578. The molecular weight excluding hydrogens is 582 g/mol. The van der Waals surface area contributed by atoms with Gasteiger partial charge in [-0.05, 0) is 49.9 Å². The third kappa shape index (κ3) is 4.11. The molecule has 12 heteroatoms. The molecule has 0 N–H and O–H groups in total. The third-order valence-electron chi connectivity index (χ3n) is 9.08. The second-order valence-electron chi connectivity index (χ2n) is 11.6. The number of fused-ring (bicyclic) bond motifs is 4. The van der Waals surface area contributed by atoms with Crippen molar-refractivity contribution in [2.24, 2.45) is 0 Å². The molecule has 3 aromatic heterocycles. The molecule has 1 aliphatic carbocycles. The SMILES string of the molecule is COc1cc2c(cc1OC)-c1c(-c3nc(C4CC4)no3)c(-c3cn(S(=O)(=O)N4CCOCC4)c4ccccc34)c(C)n1CC2. The first-order valence-electron chi connectivity index (χ1n) is 14.9. The molecule has 8 rings (SSSR count). The van der Waals surface area contributed by atoms with Crippen LogP contribution in [0.3, 0.4) is 0 Å². The quantitative estimate of drug-likeness (QED) is 0.251. The lowest BCUT2D eigenvalue weighted by Crippen LogP contribution is -2.43. The lowest BCUT2D eigenvalue weighted by Gasteiger charge is -2.26. The van der Waals surface area contributed by atoms with Gasteiger partial charge in [0.2, 0.25) is 0 Å². The van der Waals surface area contributed by atoms with Gasteiger partial charge in [-0.2, -0.15) is 17.7 Å².